The van der Waals surface area contributed by atoms with E-state index in [0.717, 1.165) is 12.1 Å². The maximum absolute atomic E-state index is 5.46. The molecular weight excluding hydrogens is 258 g/mol. The molecule has 3 rings (SSSR count). The van der Waals surface area contributed by atoms with Crippen molar-refractivity contribution in [2.45, 2.75) is 32.4 Å². The highest BCUT2D eigenvalue weighted by Gasteiger charge is 2.38. The predicted octanol–water partition coefficient (Wildman–Crippen LogP) is 1.44. The van der Waals surface area contributed by atoms with Gasteiger partial charge in [0.05, 0.1) is 6.10 Å². The highest BCUT2D eigenvalue weighted by atomic mass is 16.5. The summed E-state index contributed by atoms with van der Waals surface area (Å²) in [5, 5.41) is 3.86. The van der Waals surface area contributed by atoms with Crippen molar-refractivity contribution in [1.82, 2.24) is 20.1 Å². The summed E-state index contributed by atoms with van der Waals surface area (Å²) in [6.07, 6.45) is 2.65. The second-order valence-corrected chi connectivity index (χ2v) is 4.94. The summed E-state index contributed by atoms with van der Waals surface area (Å²) in [6, 6.07) is 1.84. The zero-order valence-electron chi connectivity index (χ0n) is 11.8. The first-order chi connectivity index (χ1) is 9.67. The number of nitrogens with zero attached hydrogens (tertiary/aromatic N) is 5. The Labute approximate surface area is 117 Å². The standard InChI is InChI=1S/C13H17N5O2/c1-8-4-5-14-13(15-8)18-7-10(19-3)6-11(18)12-16-9(2)17-20-12/h4-5,10-11H,6-7H2,1-3H3/t10-,11+/m0/s1. The highest BCUT2D eigenvalue weighted by Crippen LogP contribution is 2.34. The van der Waals surface area contributed by atoms with E-state index < -0.39 is 0 Å². The van der Waals surface area contributed by atoms with Gasteiger partial charge in [-0.25, -0.2) is 9.97 Å². The number of aromatic nitrogens is 4. The Hall–Kier alpha value is -2.02. The van der Waals surface area contributed by atoms with Crippen LogP contribution in [0.1, 0.15) is 29.9 Å². The molecule has 0 unspecified atom stereocenters. The molecule has 1 saturated heterocycles. The van der Waals surface area contributed by atoms with Crippen molar-refractivity contribution in [3.63, 3.8) is 0 Å². The Morgan fingerprint density at radius 2 is 2.20 bits per heavy atom. The number of ether oxygens (including phenoxy) is 1. The summed E-state index contributed by atoms with van der Waals surface area (Å²) in [6.45, 7) is 4.47. The number of aryl methyl sites for hydroxylation is 2. The Morgan fingerprint density at radius 1 is 1.35 bits per heavy atom. The van der Waals surface area contributed by atoms with Gasteiger partial charge >= 0.3 is 0 Å². The van der Waals surface area contributed by atoms with Gasteiger partial charge in [-0.3, -0.25) is 0 Å². The topological polar surface area (TPSA) is 77.2 Å². The van der Waals surface area contributed by atoms with Gasteiger partial charge in [0.15, 0.2) is 5.82 Å². The molecule has 2 aromatic heterocycles. The van der Waals surface area contributed by atoms with Crippen LogP contribution in [0, 0.1) is 13.8 Å². The van der Waals surface area contributed by atoms with E-state index in [1.807, 2.05) is 19.9 Å². The fourth-order valence-corrected chi connectivity index (χ4v) is 2.45. The predicted molar refractivity (Wildman–Crippen MR) is 71.3 cm³/mol. The fourth-order valence-electron chi connectivity index (χ4n) is 2.45. The minimum absolute atomic E-state index is 0.0389. The minimum atomic E-state index is -0.0389. The van der Waals surface area contributed by atoms with E-state index in [1.165, 1.54) is 0 Å². The molecule has 7 nitrogen and oxygen atoms in total. The molecule has 0 amide bonds. The molecule has 0 aromatic carbocycles. The van der Waals surface area contributed by atoms with Gasteiger partial charge < -0.3 is 14.2 Å². The van der Waals surface area contributed by atoms with Crippen molar-refractivity contribution in [2.75, 3.05) is 18.6 Å². The molecule has 2 aromatic rings. The minimum Gasteiger partial charge on any atom is -0.380 e. The number of anilines is 1. The van der Waals surface area contributed by atoms with Crippen molar-refractivity contribution in [3.05, 3.63) is 29.7 Å². The van der Waals surface area contributed by atoms with Crippen molar-refractivity contribution in [2.24, 2.45) is 0 Å². The molecule has 0 radical (unpaired) electrons. The van der Waals surface area contributed by atoms with Crippen LogP contribution in [0.3, 0.4) is 0 Å². The third kappa shape index (κ3) is 2.36. The Bertz CT molecular complexity index is 600. The molecule has 1 aliphatic heterocycles. The average molecular weight is 275 g/mol. The monoisotopic (exact) mass is 275 g/mol. The molecule has 0 aliphatic carbocycles. The molecule has 7 heteroatoms. The number of rotatable bonds is 3. The molecule has 1 aliphatic rings. The largest absolute Gasteiger partial charge is 0.380 e. The first kappa shape index (κ1) is 13.0. The normalized spacial score (nSPS) is 22.4. The summed E-state index contributed by atoms with van der Waals surface area (Å²) in [7, 11) is 1.71. The van der Waals surface area contributed by atoms with Crippen LogP contribution in [0.25, 0.3) is 0 Å². The van der Waals surface area contributed by atoms with Crippen LogP contribution >= 0.6 is 0 Å². The van der Waals surface area contributed by atoms with Crippen LogP contribution in [0.4, 0.5) is 5.95 Å². The third-order valence-corrected chi connectivity index (χ3v) is 3.46. The van der Waals surface area contributed by atoms with Gasteiger partial charge in [-0.2, -0.15) is 4.98 Å². The number of hydrogen-bond acceptors (Lipinski definition) is 7. The summed E-state index contributed by atoms with van der Waals surface area (Å²) in [5.74, 6) is 1.89. The molecule has 3 heterocycles. The third-order valence-electron chi connectivity index (χ3n) is 3.46. The molecule has 20 heavy (non-hydrogen) atoms. The van der Waals surface area contributed by atoms with Crippen molar-refractivity contribution in [3.8, 4) is 0 Å². The summed E-state index contributed by atoms with van der Waals surface area (Å²) >= 11 is 0. The summed E-state index contributed by atoms with van der Waals surface area (Å²) < 4.78 is 10.8. The maximum Gasteiger partial charge on any atom is 0.249 e. The number of methoxy groups -OCH3 is 1. The van der Waals surface area contributed by atoms with Gasteiger partial charge in [0.25, 0.3) is 0 Å². The Kier molecular flexibility index (Phi) is 3.35. The smallest absolute Gasteiger partial charge is 0.249 e. The van der Waals surface area contributed by atoms with Crippen molar-refractivity contribution >= 4 is 5.95 Å². The highest BCUT2D eigenvalue weighted by molar-refractivity contribution is 5.36. The average Bonchev–Trinajstić information content (AvgIpc) is 3.04. The summed E-state index contributed by atoms with van der Waals surface area (Å²) in [5.41, 5.74) is 0.927. The van der Waals surface area contributed by atoms with Crippen LogP contribution in [-0.2, 0) is 4.74 Å². The van der Waals surface area contributed by atoms with Crippen LogP contribution in [-0.4, -0.2) is 39.9 Å². The quantitative estimate of drug-likeness (QED) is 0.838. The van der Waals surface area contributed by atoms with E-state index in [-0.39, 0.29) is 12.1 Å². The van der Waals surface area contributed by atoms with E-state index in [4.69, 9.17) is 9.26 Å². The van der Waals surface area contributed by atoms with Crippen LogP contribution < -0.4 is 4.90 Å². The Balaban J connectivity index is 1.94. The lowest BCUT2D eigenvalue weighted by molar-refractivity contribution is 0.117. The zero-order valence-corrected chi connectivity index (χ0v) is 11.8. The first-order valence-corrected chi connectivity index (χ1v) is 6.56. The summed E-state index contributed by atoms with van der Waals surface area (Å²) in [4.78, 5) is 15.2. The fraction of sp³-hybridized carbons (Fsp3) is 0.538. The van der Waals surface area contributed by atoms with Gasteiger partial charge in [-0.1, -0.05) is 5.16 Å². The SMILES string of the molecule is CO[C@H]1C[C@H](c2nc(C)no2)N(c2nccc(C)n2)C1. The second-order valence-electron chi connectivity index (χ2n) is 4.94. The molecule has 2 atom stereocenters. The van der Waals surface area contributed by atoms with E-state index in [1.54, 1.807) is 13.3 Å². The lowest BCUT2D eigenvalue weighted by Gasteiger charge is -2.21. The molecule has 0 saturated carbocycles. The first-order valence-electron chi connectivity index (χ1n) is 6.56. The van der Waals surface area contributed by atoms with Gasteiger partial charge in [-0.05, 0) is 19.9 Å². The van der Waals surface area contributed by atoms with E-state index in [9.17, 15) is 0 Å². The van der Waals surface area contributed by atoms with Crippen molar-refractivity contribution in [1.29, 1.82) is 0 Å². The van der Waals surface area contributed by atoms with Gasteiger partial charge in [0, 0.05) is 32.0 Å². The van der Waals surface area contributed by atoms with E-state index in [0.29, 0.717) is 24.2 Å². The van der Waals surface area contributed by atoms with E-state index in [2.05, 4.69) is 25.0 Å². The second kappa shape index (κ2) is 5.16. The van der Waals surface area contributed by atoms with Gasteiger partial charge in [0.1, 0.15) is 6.04 Å². The molecule has 0 bridgehead atoms. The molecule has 106 valence electrons. The van der Waals surface area contributed by atoms with Gasteiger partial charge in [-0.15, -0.1) is 0 Å². The Morgan fingerprint density at radius 3 is 2.85 bits per heavy atom. The van der Waals surface area contributed by atoms with Gasteiger partial charge in [0.2, 0.25) is 11.8 Å². The lowest BCUT2D eigenvalue weighted by Crippen LogP contribution is -2.27. The van der Waals surface area contributed by atoms with Crippen LogP contribution in [0.15, 0.2) is 16.8 Å². The molecule has 1 fully saturated rings. The number of hydrogen-bond donors (Lipinski definition) is 0. The zero-order chi connectivity index (χ0) is 14.1. The van der Waals surface area contributed by atoms with Crippen LogP contribution in [0.5, 0.6) is 0 Å². The van der Waals surface area contributed by atoms with E-state index >= 15 is 0 Å². The molecular formula is C13H17N5O2. The van der Waals surface area contributed by atoms with Crippen molar-refractivity contribution < 1.29 is 9.26 Å². The van der Waals surface area contributed by atoms with Crippen LogP contribution in [0.2, 0.25) is 0 Å². The molecule has 0 spiro atoms. The maximum atomic E-state index is 5.46. The lowest BCUT2D eigenvalue weighted by atomic mass is 10.2. The molecule has 0 N–H and O–H groups in total.